The standard InChI is InChI=1S/C21H26N4O2S/c1-23-18-6-2-3-7-19(18)25(21(23)27)15-20(26)22-13-16-8-10-24(11-9-16)14-17-5-4-12-28-17/h2-7,12,16H,8-11,13-15H2,1H3,(H,22,26). The number of nitrogens with one attached hydrogen (secondary N) is 1. The maximum atomic E-state index is 12.4. The Balaban J connectivity index is 1.28. The number of amides is 1. The van der Waals surface area contributed by atoms with E-state index in [1.807, 2.05) is 35.6 Å². The predicted octanol–water partition coefficient (Wildman–Crippen LogP) is 2.43. The third-order valence-electron chi connectivity index (χ3n) is 5.61. The van der Waals surface area contributed by atoms with Crippen molar-refractivity contribution < 1.29 is 4.79 Å². The van der Waals surface area contributed by atoms with Gasteiger partial charge < -0.3 is 5.32 Å². The number of carbonyl (C=O) groups excluding carboxylic acids is 1. The van der Waals surface area contributed by atoms with Gasteiger partial charge in [0.05, 0.1) is 11.0 Å². The van der Waals surface area contributed by atoms with Crippen molar-refractivity contribution in [3.63, 3.8) is 0 Å². The van der Waals surface area contributed by atoms with Crippen LogP contribution in [0.2, 0.25) is 0 Å². The number of carbonyl (C=O) groups is 1. The molecule has 1 saturated heterocycles. The van der Waals surface area contributed by atoms with E-state index in [9.17, 15) is 9.59 Å². The van der Waals surface area contributed by atoms with Crippen LogP contribution in [0.25, 0.3) is 11.0 Å². The van der Waals surface area contributed by atoms with Crippen LogP contribution in [0.15, 0.2) is 46.6 Å². The van der Waals surface area contributed by atoms with E-state index in [0.717, 1.165) is 43.5 Å². The minimum atomic E-state index is -0.154. The fourth-order valence-corrected chi connectivity index (χ4v) is 4.69. The van der Waals surface area contributed by atoms with Gasteiger partial charge in [-0.25, -0.2) is 4.79 Å². The lowest BCUT2D eigenvalue weighted by atomic mass is 9.97. The fraction of sp³-hybridized carbons (Fsp3) is 0.429. The maximum Gasteiger partial charge on any atom is 0.329 e. The summed E-state index contributed by atoms with van der Waals surface area (Å²) in [6, 6.07) is 11.9. The molecule has 0 spiro atoms. The average molecular weight is 399 g/mol. The molecule has 2 aromatic heterocycles. The van der Waals surface area contributed by atoms with Crippen LogP contribution < -0.4 is 11.0 Å². The van der Waals surface area contributed by atoms with Gasteiger partial charge in [0.2, 0.25) is 5.91 Å². The minimum absolute atomic E-state index is 0.0669. The zero-order valence-corrected chi connectivity index (χ0v) is 17.0. The van der Waals surface area contributed by atoms with E-state index < -0.39 is 0 Å². The number of benzene rings is 1. The summed E-state index contributed by atoms with van der Waals surface area (Å²) < 4.78 is 3.14. The number of hydrogen-bond donors (Lipinski definition) is 1. The molecule has 0 saturated carbocycles. The second-order valence-electron chi connectivity index (χ2n) is 7.52. The van der Waals surface area contributed by atoms with Gasteiger partial charge in [0.15, 0.2) is 0 Å². The number of hydrogen-bond acceptors (Lipinski definition) is 4. The second kappa shape index (κ2) is 8.32. The van der Waals surface area contributed by atoms with E-state index in [0.29, 0.717) is 12.5 Å². The molecule has 1 aromatic carbocycles. The van der Waals surface area contributed by atoms with Crippen molar-refractivity contribution in [3.05, 3.63) is 57.1 Å². The Hall–Kier alpha value is -2.38. The van der Waals surface area contributed by atoms with Crippen LogP contribution in [0, 0.1) is 5.92 Å². The highest BCUT2D eigenvalue weighted by Crippen LogP contribution is 2.20. The third kappa shape index (κ3) is 4.05. The molecular formula is C21H26N4O2S. The van der Waals surface area contributed by atoms with Crippen molar-refractivity contribution in [2.45, 2.75) is 25.9 Å². The van der Waals surface area contributed by atoms with Crippen molar-refractivity contribution >= 4 is 28.3 Å². The van der Waals surface area contributed by atoms with E-state index in [2.05, 4.69) is 27.7 Å². The molecule has 1 aliphatic rings. The van der Waals surface area contributed by atoms with Gasteiger partial charge in [-0.15, -0.1) is 11.3 Å². The Morgan fingerprint density at radius 2 is 1.89 bits per heavy atom. The number of aromatic nitrogens is 2. The van der Waals surface area contributed by atoms with E-state index in [1.54, 1.807) is 16.2 Å². The van der Waals surface area contributed by atoms with Crippen molar-refractivity contribution in [3.8, 4) is 0 Å². The lowest BCUT2D eigenvalue weighted by Gasteiger charge is -2.31. The smallest absolute Gasteiger partial charge is 0.329 e. The van der Waals surface area contributed by atoms with Crippen LogP contribution >= 0.6 is 11.3 Å². The molecule has 7 heteroatoms. The van der Waals surface area contributed by atoms with Gasteiger partial charge >= 0.3 is 5.69 Å². The van der Waals surface area contributed by atoms with Gasteiger partial charge in [-0.05, 0) is 55.4 Å². The molecule has 1 aliphatic heterocycles. The van der Waals surface area contributed by atoms with Crippen LogP contribution in [0.1, 0.15) is 17.7 Å². The Bertz CT molecular complexity index is 997. The van der Waals surface area contributed by atoms with E-state index in [1.165, 1.54) is 4.88 Å². The molecule has 0 bridgehead atoms. The number of fused-ring (bicyclic) bond motifs is 1. The first kappa shape index (κ1) is 19.0. The SMILES string of the molecule is Cn1c(=O)n(CC(=O)NCC2CCN(Cc3cccs3)CC2)c2ccccc21. The Labute approximate surface area is 168 Å². The van der Waals surface area contributed by atoms with Crippen molar-refractivity contribution in [2.24, 2.45) is 13.0 Å². The molecule has 0 radical (unpaired) electrons. The van der Waals surface area contributed by atoms with Gasteiger partial charge in [-0.1, -0.05) is 18.2 Å². The first-order valence-corrected chi connectivity index (χ1v) is 10.7. The highest BCUT2D eigenvalue weighted by Gasteiger charge is 2.20. The highest BCUT2D eigenvalue weighted by molar-refractivity contribution is 7.09. The summed E-state index contributed by atoms with van der Waals surface area (Å²) in [6.07, 6.45) is 2.19. The first-order chi connectivity index (χ1) is 13.6. The normalized spacial score (nSPS) is 15.9. The van der Waals surface area contributed by atoms with Gasteiger partial charge in [0.25, 0.3) is 0 Å². The van der Waals surface area contributed by atoms with Crippen molar-refractivity contribution in [1.29, 1.82) is 0 Å². The predicted molar refractivity (Wildman–Crippen MR) is 113 cm³/mol. The molecule has 3 heterocycles. The summed E-state index contributed by atoms with van der Waals surface area (Å²) in [5.74, 6) is 0.409. The molecular weight excluding hydrogens is 372 g/mol. The van der Waals surface area contributed by atoms with Crippen LogP contribution in [-0.4, -0.2) is 39.6 Å². The summed E-state index contributed by atoms with van der Waals surface area (Å²) >= 11 is 1.81. The molecule has 148 valence electrons. The Morgan fingerprint density at radius 3 is 2.61 bits per heavy atom. The molecule has 1 amide bonds. The third-order valence-corrected chi connectivity index (χ3v) is 6.47. The number of piperidine rings is 1. The number of rotatable bonds is 6. The van der Waals surface area contributed by atoms with E-state index in [4.69, 9.17) is 0 Å². The molecule has 0 atom stereocenters. The number of likely N-dealkylation sites (tertiary alicyclic amines) is 1. The summed E-state index contributed by atoms with van der Waals surface area (Å²) in [6.45, 7) is 3.92. The average Bonchev–Trinajstić information content (AvgIpc) is 3.31. The molecule has 3 aromatic rings. The Morgan fingerprint density at radius 1 is 1.14 bits per heavy atom. The topological polar surface area (TPSA) is 59.3 Å². The number of nitrogens with zero attached hydrogens (tertiary/aromatic N) is 3. The molecule has 1 fully saturated rings. The monoisotopic (exact) mass is 398 g/mol. The lowest BCUT2D eigenvalue weighted by Crippen LogP contribution is -2.39. The quantitative estimate of drug-likeness (QED) is 0.694. The zero-order chi connectivity index (χ0) is 19.5. The maximum absolute atomic E-state index is 12.4. The summed E-state index contributed by atoms with van der Waals surface area (Å²) in [7, 11) is 1.74. The molecule has 1 N–H and O–H groups in total. The molecule has 0 unspecified atom stereocenters. The van der Waals surface area contributed by atoms with Crippen LogP contribution in [0.5, 0.6) is 0 Å². The van der Waals surface area contributed by atoms with E-state index in [-0.39, 0.29) is 18.1 Å². The summed E-state index contributed by atoms with van der Waals surface area (Å²) in [5.41, 5.74) is 1.49. The Kier molecular flexibility index (Phi) is 5.64. The van der Waals surface area contributed by atoms with Crippen LogP contribution in [-0.2, 0) is 24.9 Å². The first-order valence-electron chi connectivity index (χ1n) is 9.77. The van der Waals surface area contributed by atoms with Crippen molar-refractivity contribution in [1.82, 2.24) is 19.4 Å². The largest absolute Gasteiger partial charge is 0.354 e. The van der Waals surface area contributed by atoms with Gasteiger partial charge in [-0.2, -0.15) is 0 Å². The number of imidazole rings is 1. The highest BCUT2D eigenvalue weighted by atomic mass is 32.1. The summed E-state index contributed by atoms with van der Waals surface area (Å²) in [5, 5.41) is 5.16. The van der Waals surface area contributed by atoms with Gasteiger partial charge in [-0.3, -0.25) is 18.8 Å². The van der Waals surface area contributed by atoms with E-state index >= 15 is 0 Å². The van der Waals surface area contributed by atoms with Crippen LogP contribution in [0.4, 0.5) is 0 Å². The fourth-order valence-electron chi connectivity index (χ4n) is 3.95. The number of thiophene rings is 1. The molecule has 28 heavy (non-hydrogen) atoms. The molecule has 4 rings (SSSR count). The minimum Gasteiger partial charge on any atom is -0.354 e. The number of para-hydroxylation sites is 2. The zero-order valence-electron chi connectivity index (χ0n) is 16.1. The second-order valence-corrected chi connectivity index (χ2v) is 8.55. The van der Waals surface area contributed by atoms with Crippen LogP contribution in [0.3, 0.4) is 0 Å². The lowest BCUT2D eigenvalue weighted by molar-refractivity contribution is -0.121. The number of aryl methyl sites for hydroxylation is 1. The van der Waals surface area contributed by atoms with Gasteiger partial charge in [0.1, 0.15) is 6.54 Å². The van der Waals surface area contributed by atoms with Crippen molar-refractivity contribution in [2.75, 3.05) is 19.6 Å². The molecule has 6 nitrogen and oxygen atoms in total. The molecule has 0 aliphatic carbocycles. The summed E-state index contributed by atoms with van der Waals surface area (Å²) in [4.78, 5) is 28.8. The van der Waals surface area contributed by atoms with Gasteiger partial charge in [0, 0.05) is 25.0 Å².